The van der Waals surface area contributed by atoms with Crippen LogP contribution in [0.1, 0.15) is 34.1 Å². The van der Waals surface area contributed by atoms with E-state index in [4.69, 9.17) is 37.4 Å². The number of benzene rings is 3. The lowest BCUT2D eigenvalue weighted by Crippen LogP contribution is -2.24. The first-order valence-corrected chi connectivity index (χ1v) is 9.92. The molecule has 3 aromatic carbocycles. The molecule has 0 saturated heterocycles. The highest BCUT2D eigenvalue weighted by atomic mass is 35.5. The van der Waals surface area contributed by atoms with Crippen LogP contribution in [0.4, 0.5) is 0 Å². The molecule has 0 spiro atoms. The van der Waals surface area contributed by atoms with E-state index in [1.165, 1.54) is 12.1 Å². The SMILES string of the molecule is CCC(OC(=O)c1ccccc1)Oc1c(Cl)cc(OC(=O)c2ccccc2)cc1Cl. The van der Waals surface area contributed by atoms with Gasteiger partial charge in [0, 0.05) is 18.6 Å². The van der Waals surface area contributed by atoms with Gasteiger partial charge in [-0.2, -0.15) is 0 Å². The second kappa shape index (κ2) is 10.1. The lowest BCUT2D eigenvalue weighted by atomic mass is 10.2. The van der Waals surface area contributed by atoms with Crippen LogP contribution in [0.5, 0.6) is 11.5 Å². The summed E-state index contributed by atoms with van der Waals surface area (Å²) in [5, 5.41) is 0.236. The van der Waals surface area contributed by atoms with Gasteiger partial charge in [-0.1, -0.05) is 66.5 Å². The van der Waals surface area contributed by atoms with Crippen molar-refractivity contribution in [2.24, 2.45) is 0 Å². The van der Waals surface area contributed by atoms with Crippen LogP contribution >= 0.6 is 23.2 Å². The van der Waals surface area contributed by atoms with Crippen LogP contribution in [0.2, 0.25) is 10.0 Å². The highest BCUT2D eigenvalue weighted by molar-refractivity contribution is 6.37. The minimum Gasteiger partial charge on any atom is -0.452 e. The van der Waals surface area contributed by atoms with E-state index >= 15 is 0 Å². The molecule has 0 heterocycles. The molecule has 3 rings (SSSR count). The van der Waals surface area contributed by atoms with Crippen molar-refractivity contribution in [2.75, 3.05) is 0 Å². The summed E-state index contributed by atoms with van der Waals surface area (Å²) in [4.78, 5) is 24.5. The molecule has 0 aromatic heterocycles. The van der Waals surface area contributed by atoms with Crippen LogP contribution in [-0.2, 0) is 4.74 Å². The Morgan fingerprint density at radius 1 is 0.833 bits per heavy atom. The van der Waals surface area contributed by atoms with Gasteiger partial charge >= 0.3 is 11.9 Å². The van der Waals surface area contributed by atoms with E-state index in [0.717, 1.165) is 0 Å². The van der Waals surface area contributed by atoms with Gasteiger partial charge < -0.3 is 14.2 Å². The average molecular weight is 445 g/mol. The van der Waals surface area contributed by atoms with Crippen LogP contribution in [0.3, 0.4) is 0 Å². The van der Waals surface area contributed by atoms with E-state index in [0.29, 0.717) is 17.5 Å². The molecule has 0 N–H and O–H groups in total. The molecular weight excluding hydrogens is 427 g/mol. The molecule has 0 amide bonds. The summed E-state index contributed by atoms with van der Waals surface area (Å²) in [5.74, 6) is -0.770. The zero-order chi connectivity index (χ0) is 21.5. The van der Waals surface area contributed by atoms with E-state index < -0.39 is 18.2 Å². The molecule has 0 aliphatic carbocycles. The number of hydrogen-bond donors (Lipinski definition) is 0. The molecule has 154 valence electrons. The van der Waals surface area contributed by atoms with Gasteiger partial charge in [0.15, 0.2) is 5.75 Å². The maximum atomic E-state index is 12.3. The highest BCUT2D eigenvalue weighted by Crippen LogP contribution is 2.38. The van der Waals surface area contributed by atoms with Gasteiger partial charge in [-0.05, 0) is 24.3 Å². The predicted molar refractivity (Wildman–Crippen MR) is 114 cm³/mol. The van der Waals surface area contributed by atoms with Gasteiger partial charge in [-0.25, -0.2) is 9.59 Å². The van der Waals surface area contributed by atoms with E-state index in [1.807, 2.05) is 0 Å². The summed E-state index contributed by atoms with van der Waals surface area (Å²) >= 11 is 12.6. The summed E-state index contributed by atoms with van der Waals surface area (Å²) in [7, 11) is 0. The van der Waals surface area contributed by atoms with E-state index in [9.17, 15) is 9.59 Å². The maximum absolute atomic E-state index is 12.3. The zero-order valence-corrected chi connectivity index (χ0v) is 17.5. The molecular formula is C23H18Cl2O5. The fraction of sp³-hybridized carbons (Fsp3) is 0.130. The molecule has 5 nitrogen and oxygen atoms in total. The fourth-order valence-corrected chi connectivity index (χ4v) is 3.09. The van der Waals surface area contributed by atoms with Crippen molar-refractivity contribution in [3.8, 4) is 11.5 Å². The van der Waals surface area contributed by atoms with Crippen LogP contribution < -0.4 is 9.47 Å². The molecule has 0 aliphatic heterocycles. The Bertz CT molecular complexity index is 999. The normalized spacial score (nSPS) is 11.4. The van der Waals surface area contributed by atoms with Crippen molar-refractivity contribution in [3.05, 3.63) is 94.0 Å². The third kappa shape index (κ3) is 5.53. The summed E-state index contributed by atoms with van der Waals surface area (Å²) < 4.78 is 16.4. The van der Waals surface area contributed by atoms with Crippen molar-refractivity contribution < 1.29 is 23.8 Å². The van der Waals surface area contributed by atoms with Gasteiger partial charge in [-0.3, -0.25) is 0 Å². The molecule has 0 aliphatic rings. The number of ether oxygens (including phenoxy) is 3. The topological polar surface area (TPSA) is 61.8 Å². The van der Waals surface area contributed by atoms with E-state index in [2.05, 4.69) is 0 Å². The quantitative estimate of drug-likeness (QED) is 0.247. The standard InChI is InChI=1S/C23H18Cl2O5/c1-2-20(30-23(27)16-11-7-4-8-12-16)29-21-18(24)13-17(14-19(21)25)28-22(26)15-9-5-3-6-10-15/h3-14,20H,2H2,1H3. The Morgan fingerprint density at radius 2 is 1.33 bits per heavy atom. The number of esters is 2. The molecule has 0 fully saturated rings. The second-order valence-electron chi connectivity index (χ2n) is 6.20. The Labute approximate surface area is 184 Å². The molecule has 3 aromatic rings. The van der Waals surface area contributed by atoms with Gasteiger partial charge in [0.2, 0.25) is 6.29 Å². The molecule has 7 heteroatoms. The van der Waals surface area contributed by atoms with Gasteiger partial charge in [0.05, 0.1) is 21.2 Å². The van der Waals surface area contributed by atoms with Crippen molar-refractivity contribution in [2.45, 2.75) is 19.6 Å². The number of carbonyl (C=O) groups excluding carboxylic acids is 2. The average Bonchev–Trinajstić information content (AvgIpc) is 2.76. The zero-order valence-electron chi connectivity index (χ0n) is 16.0. The lowest BCUT2D eigenvalue weighted by Gasteiger charge is -2.20. The number of halogens is 2. The fourth-order valence-electron chi connectivity index (χ4n) is 2.53. The minimum absolute atomic E-state index is 0.118. The largest absolute Gasteiger partial charge is 0.452 e. The van der Waals surface area contributed by atoms with Crippen LogP contribution in [0.15, 0.2) is 72.8 Å². The van der Waals surface area contributed by atoms with E-state index in [1.54, 1.807) is 67.6 Å². The molecule has 1 unspecified atom stereocenters. The van der Waals surface area contributed by atoms with Gasteiger partial charge in [0.1, 0.15) is 5.75 Å². The first kappa shape index (κ1) is 21.7. The summed E-state index contributed by atoms with van der Waals surface area (Å²) in [6, 6.07) is 19.9. The van der Waals surface area contributed by atoms with Gasteiger partial charge in [0.25, 0.3) is 0 Å². The number of hydrogen-bond acceptors (Lipinski definition) is 5. The minimum atomic E-state index is -0.898. The highest BCUT2D eigenvalue weighted by Gasteiger charge is 2.20. The monoisotopic (exact) mass is 444 g/mol. The summed E-state index contributed by atoms with van der Waals surface area (Å²) in [5.41, 5.74) is 0.795. The summed E-state index contributed by atoms with van der Waals surface area (Å²) in [6.07, 6.45) is -0.527. The van der Waals surface area contributed by atoms with Gasteiger partial charge in [-0.15, -0.1) is 0 Å². The Morgan fingerprint density at radius 3 is 1.83 bits per heavy atom. The van der Waals surface area contributed by atoms with Crippen LogP contribution in [-0.4, -0.2) is 18.2 Å². The molecule has 30 heavy (non-hydrogen) atoms. The lowest BCUT2D eigenvalue weighted by molar-refractivity contribution is -0.0496. The van der Waals surface area contributed by atoms with Crippen LogP contribution in [0.25, 0.3) is 0 Å². The Balaban J connectivity index is 1.71. The first-order valence-electron chi connectivity index (χ1n) is 9.17. The third-order valence-electron chi connectivity index (χ3n) is 4.02. The Kier molecular flexibility index (Phi) is 7.33. The maximum Gasteiger partial charge on any atom is 0.343 e. The predicted octanol–water partition coefficient (Wildman–Crippen LogP) is 6.18. The van der Waals surface area contributed by atoms with Crippen molar-refractivity contribution in [1.29, 1.82) is 0 Å². The molecule has 0 radical (unpaired) electrons. The molecule has 0 bridgehead atoms. The van der Waals surface area contributed by atoms with Crippen LogP contribution in [0, 0.1) is 0 Å². The number of rotatable bonds is 7. The van der Waals surface area contributed by atoms with Crippen molar-refractivity contribution in [3.63, 3.8) is 0 Å². The smallest absolute Gasteiger partial charge is 0.343 e. The third-order valence-corrected chi connectivity index (χ3v) is 4.58. The molecule has 0 saturated carbocycles. The Hall–Kier alpha value is -3.02. The number of carbonyl (C=O) groups is 2. The van der Waals surface area contributed by atoms with Crippen molar-refractivity contribution in [1.82, 2.24) is 0 Å². The van der Waals surface area contributed by atoms with E-state index in [-0.39, 0.29) is 21.5 Å². The first-order chi connectivity index (χ1) is 14.5. The molecule has 1 atom stereocenters. The summed E-state index contributed by atoms with van der Waals surface area (Å²) in [6.45, 7) is 1.79. The second-order valence-corrected chi connectivity index (χ2v) is 7.01. The van der Waals surface area contributed by atoms with Crippen molar-refractivity contribution >= 4 is 35.1 Å².